The molecule has 0 aliphatic heterocycles. The molecule has 2 heteroatoms. The van der Waals surface area contributed by atoms with Crippen LogP contribution >= 0.6 is 0 Å². The first-order chi connectivity index (χ1) is 6.87. The molecule has 0 heterocycles. The standard InChI is InChI=1S/C13H22O2/c1-9(14)15-8-10-7-13(4)6-5-11(10)12(13,2)3/h10-11H,5-8H2,1-4H3/t10-,11-,13+/m0/s1. The van der Waals surface area contributed by atoms with Crippen molar-refractivity contribution in [1.29, 1.82) is 0 Å². The van der Waals surface area contributed by atoms with Crippen molar-refractivity contribution in [2.45, 2.75) is 47.0 Å². The minimum Gasteiger partial charge on any atom is -0.466 e. The molecule has 2 fully saturated rings. The zero-order chi connectivity index (χ0) is 11.3. The van der Waals surface area contributed by atoms with Crippen molar-refractivity contribution >= 4 is 5.97 Å². The van der Waals surface area contributed by atoms with Crippen molar-refractivity contribution in [2.24, 2.45) is 22.7 Å². The van der Waals surface area contributed by atoms with E-state index >= 15 is 0 Å². The third-order valence-electron chi connectivity index (χ3n) is 5.27. The first kappa shape index (κ1) is 11.0. The van der Waals surface area contributed by atoms with Crippen LogP contribution in [-0.4, -0.2) is 12.6 Å². The van der Waals surface area contributed by atoms with Crippen LogP contribution < -0.4 is 0 Å². The average molecular weight is 210 g/mol. The minimum absolute atomic E-state index is 0.138. The van der Waals surface area contributed by atoms with Gasteiger partial charge in [0.15, 0.2) is 0 Å². The molecule has 0 unspecified atom stereocenters. The summed E-state index contributed by atoms with van der Waals surface area (Å²) in [4.78, 5) is 10.8. The maximum atomic E-state index is 10.8. The maximum Gasteiger partial charge on any atom is 0.302 e. The number of rotatable bonds is 2. The van der Waals surface area contributed by atoms with E-state index in [9.17, 15) is 4.79 Å². The van der Waals surface area contributed by atoms with Gasteiger partial charge in [0.1, 0.15) is 0 Å². The number of fused-ring (bicyclic) bond motifs is 2. The summed E-state index contributed by atoms with van der Waals surface area (Å²) in [6.45, 7) is 9.32. The Morgan fingerprint density at radius 2 is 2.07 bits per heavy atom. The molecule has 0 aromatic rings. The van der Waals surface area contributed by atoms with Crippen molar-refractivity contribution < 1.29 is 9.53 Å². The first-order valence-corrected chi connectivity index (χ1v) is 6.00. The predicted molar refractivity (Wildman–Crippen MR) is 59.4 cm³/mol. The van der Waals surface area contributed by atoms with E-state index < -0.39 is 0 Å². The zero-order valence-corrected chi connectivity index (χ0v) is 10.3. The van der Waals surface area contributed by atoms with Crippen molar-refractivity contribution in [1.82, 2.24) is 0 Å². The Morgan fingerprint density at radius 3 is 2.47 bits per heavy atom. The van der Waals surface area contributed by atoms with Gasteiger partial charge >= 0.3 is 5.97 Å². The van der Waals surface area contributed by atoms with Gasteiger partial charge in [0.25, 0.3) is 0 Å². The highest BCUT2D eigenvalue weighted by molar-refractivity contribution is 5.65. The van der Waals surface area contributed by atoms with E-state index in [0.717, 1.165) is 5.92 Å². The average Bonchev–Trinajstić information content (AvgIpc) is 2.45. The van der Waals surface area contributed by atoms with Crippen molar-refractivity contribution in [3.05, 3.63) is 0 Å². The van der Waals surface area contributed by atoms with Gasteiger partial charge in [-0.25, -0.2) is 0 Å². The molecule has 0 aromatic carbocycles. The fourth-order valence-electron chi connectivity index (χ4n) is 3.92. The Bertz CT molecular complexity index is 280. The van der Waals surface area contributed by atoms with Crippen LogP contribution in [0.4, 0.5) is 0 Å². The second kappa shape index (κ2) is 3.23. The van der Waals surface area contributed by atoms with E-state index in [-0.39, 0.29) is 5.97 Å². The highest BCUT2D eigenvalue weighted by Crippen LogP contribution is 2.67. The Hall–Kier alpha value is -0.530. The Labute approximate surface area is 92.4 Å². The van der Waals surface area contributed by atoms with Crippen LogP contribution in [0.1, 0.15) is 47.0 Å². The number of ether oxygens (including phenoxy) is 1. The van der Waals surface area contributed by atoms with Crippen molar-refractivity contribution in [2.75, 3.05) is 6.61 Å². The molecular formula is C13H22O2. The molecule has 3 atom stereocenters. The van der Waals surface area contributed by atoms with Crippen molar-refractivity contribution in [3.8, 4) is 0 Å². The van der Waals surface area contributed by atoms with Gasteiger partial charge in [0.05, 0.1) is 6.61 Å². The summed E-state index contributed by atoms with van der Waals surface area (Å²) >= 11 is 0. The summed E-state index contributed by atoms with van der Waals surface area (Å²) in [5, 5.41) is 0. The molecule has 2 nitrogen and oxygen atoms in total. The van der Waals surface area contributed by atoms with Crippen LogP contribution in [0.5, 0.6) is 0 Å². The van der Waals surface area contributed by atoms with Gasteiger partial charge in [0, 0.05) is 6.92 Å². The Kier molecular flexibility index (Phi) is 2.36. The second-order valence-corrected chi connectivity index (χ2v) is 6.19. The highest BCUT2D eigenvalue weighted by atomic mass is 16.5. The maximum absolute atomic E-state index is 10.8. The van der Waals surface area contributed by atoms with E-state index in [1.807, 2.05) is 0 Å². The molecule has 0 amide bonds. The van der Waals surface area contributed by atoms with E-state index in [1.54, 1.807) is 0 Å². The summed E-state index contributed by atoms with van der Waals surface area (Å²) in [6, 6.07) is 0. The lowest BCUT2D eigenvalue weighted by Crippen LogP contribution is -2.26. The smallest absolute Gasteiger partial charge is 0.302 e. The molecule has 0 saturated heterocycles. The summed E-state index contributed by atoms with van der Waals surface area (Å²) in [6.07, 6.45) is 3.90. The third kappa shape index (κ3) is 1.49. The molecule has 2 aliphatic rings. The number of carbonyl (C=O) groups is 1. The lowest BCUT2D eigenvalue weighted by molar-refractivity contribution is -0.143. The monoisotopic (exact) mass is 210 g/mol. The van der Waals surface area contributed by atoms with Crippen LogP contribution in [0.2, 0.25) is 0 Å². The zero-order valence-electron chi connectivity index (χ0n) is 10.3. The normalized spacial score (nSPS) is 41.9. The van der Waals surface area contributed by atoms with Gasteiger partial charge in [-0.3, -0.25) is 4.79 Å². The number of carbonyl (C=O) groups excluding carboxylic acids is 1. The highest BCUT2D eigenvalue weighted by Gasteiger charge is 2.60. The predicted octanol–water partition coefficient (Wildman–Crippen LogP) is 3.01. The van der Waals surface area contributed by atoms with E-state index in [0.29, 0.717) is 23.4 Å². The van der Waals surface area contributed by atoms with E-state index in [1.165, 1.54) is 26.2 Å². The molecule has 0 radical (unpaired) electrons. The molecule has 2 aliphatic carbocycles. The van der Waals surface area contributed by atoms with Gasteiger partial charge < -0.3 is 4.74 Å². The van der Waals surface area contributed by atoms with Crippen LogP contribution in [0, 0.1) is 22.7 Å². The molecule has 2 saturated carbocycles. The SMILES string of the molecule is CC(=O)OC[C@@H]1C[C@@]2(C)CC[C@@H]1C2(C)C. The topological polar surface area (TPSA) is 26.3 Å². The Morgan fingerprint density at radius 1 is 1.40 bits per heavy atom. The van der Waals surface area contributed by atoms with Gasteiger partial charge in [-0.05, 0) is 41.9 Å². The minimum atomic E-state index is -0.138. The van der Waals surface area contributed by atoms with Crippen LogP contribution in [0.25, 0.3) is 0 Å². The van der Waals surface area contributed by atoms with Gasteiger partial charge in [-0.2, -0.15) is 0 Å². The summed E-state index contributed by atoms with van der Waals surface area (Å²) in [5.74, 6) is 1.21. The fraction of sp³-hybridized carbons (Fsp3) is 0.923. The summed E-state index contributed by atoms with van der Waals surface area (Å²) in [7, 11) is 0. The quantitative estimate of drug-likeness (QED) is 0.655. The summed E-state index contributed by atoms with van der Waals surface area (Å²) in [5.41, 5.74) is 0.903. The molecule has 15 heavy (non-hydrogen) atoms. The third-order valence-corrected chi connectivity index (χ3v) is 5.27. The lowest BCUT2D eigenvalue weighted by atomic mass is 9.71. The first-order valence-electron chi connectivity index (χ1n) is 6.00. The largest absolute Gasteiger partial charge is 0.466 e. The molecule has 86 valence electrons. The van der Waals surface area contributed by atoms with E-state index in [2.05, 4.69) is 20.8 Å². The Balaban J connectivity index is 2.05. The van der Waals surface area contributed by atoms with Gasteiger partial charge in [-0.15, -0.1) is 0 Å². The molecular weight excluding hydrogens is 188 g/mol. The lowest BCUT2D eigenvalue weighted by Gasteiger charge is -2.34. The van der Waals surface area contributed by atoms with Crippen LogP contribution in [0.3, 0.4) is 0 Å². The van der Waals surface area contributed by atoms with E-state index in [4.69, 9.17) is 4.74 Å². The second-order valence-electron chi connectivity index (χ2n) is 6.19. The number of hydrogen-bond donors (Lipinski definition) is 0. The van der Waals surface area contributed by atoms with Gasteiger partial charge in [-0.1, -0.05) is 20.8 Å². The van der Waals surface area contributed by atoms with Crippen LogP contribution in [0.15, 0.2) is 0 Å². The van der Waals surface area contributed by atoms with Crippen molar-refractivity contribution in [3.63, 3.8) is 0 Å². The number of esters is 1. The molecule has 2 bridgehead atoms. The molecule has 0 N–H and O–H groups in total. The summed E-state index contributed by atoms with van der Waals surface area (Å²) < 4.78 is 5.18. The molecule has 2 rings (SSSR count). The number of hydrogen-bond acceptors (Lipinski definition) is 2. The fourth-order valence-corrected chi connectivity index (χ4v) is 3.92. The molecule has 0 aromatic heterocycles. The van der Waals surface area contributed by atoms with Crippen LogP contribution in [-0.2, 0) is 9.53 Å². The van der Waals surface area contributed by atoms with Gasteiger partial charge in [0.2, 0.25) is 0 Å². The molecule has 0 spiro atoms.